The van der Waals surface area contributed by atoms with Crippen molar-refractivity contribution in [3.8, 4) is 0 Å². The van der Waals surface area contributed by atoms with Crippen molar-refractivity contribution in [1.82, 2.24) is 9.97 Å². The fourth-order valence-corrected chi connectivity index (χ4v) is 1.27. The van der Waals surface area contributed by atoms with Gasteiger partial charge in [0.1, 0.15) is 0 Å². The summed E-state index contributed by atoms with van der Waals surface area (Å²) >= 11 is 0. The van der Waals surface area contributed by atoms with E-state index in [4.69, 9.17) is 0 Å². The van der Waals surface area contributed by atoms with Crippen molar-refractivity contribution >= 4 is 0 Å². The molecule has 0 fully saturated rings. The number of aryl methyl sites for hydroxylation is 1. The quantitative estimate of drug-likeness (QED) is 0.716. The summed E-state index contributed by atoms with van der Waals surface area (Å²) < 4.78 is 0. The smallest absolute Gasteiger partial charge is 0.0921 e. The lowest BCUT2D eigenvalue weighted by Crippen LogP contribution is -1.93. The van der Waals surface area contributed by atoms with Crippen LogP contribution in [0, 0.1) is 5.92 Å². The Morgan fingerprint density at radius 3 is 3.00 bits per heavy atom. The van der Waals surface area contributed by atoms with Gasteiger partial charge in [0.15, 0.2) is 0 Å². The van der Waals surface area contributed by atoms with Crippen molar-refractivity contribution < 1.29 is 0 Å². The summed E-state index contributed by atoms with van der Waals surface area (Å²) in [7, 11) is 0. The molecule has 0 amide bonds. The summed E-state index contributed by atoms with van der Waals surface area (Å²) in [5.41, 5.74) is 1.26. The van der Waals surface area contributed by atoms with Crippen LogP contribution >= 0.6 is 0 Å². The van der Waals surface area contributed by atoms with Gasteiger partial charge in [-0.2, -0.15) is 0 Å². The Balaban J connectivity index is 2.11. The van der Waals surface area contributed by atoms with Gasteiger partial charge in [0.25, 0.3) is 0 Å². The van der Waals surface area contributed by atoms with Crippen LogP contribution in [0.25, 0.3) is 0 Å². The lowest BCUT2D eigenvalue weighted by atomic mass is 10.0. The minimum atomic E-state index is 0.868. The second-order valence-electron chi connectivity index (χ2n) is 3.48. The molecular formula is C10H18N2. The summed E-state index contributed by atoms with van der Waals surface area (Å²) in [5, 5.41) is 0. The zero-order valence-electron chi connectivity index (χ0n) is 8.01. The Morgan fingerprint density at radius 1 is 1.58 bits per heavy atom. The van der Waals surface area contributed by atoms with Crippen molar-refractivity contribution in [3.63, 3.8) is 0 Å². The summed E-state index contributed by atoms with van der Waals surface area (Å²) in [6.07, 6.45) is 8.70. The third-order valence-corrected chi connectivity index (χ3v) is 2.39. The van der Waals surface area contributed by atoms with E-state index in [1.807, 2.05) is 6.20 Å². The van der Waals surface area contributed by atoms with Gasteiger partial charge in [-0.05, 0) is 18.8 Å². The number of nitrogens with zero attached hydrogens (tertiary/aromatic N) is 1. The van der Waals surface area contributed by atoms with Gasteiger partial charge in [0, 0.05) is 11.9 Å². The van der Waals surface area contributed by atoms with Crippen LogP contribution in [0.4, 0.5) is 0 Å². The molecule has 1 aromatic heterocycles. The van der Waals surface area contributed by atoms with Crippen molar-refractivity contribution in [2.75, 3.05) is 0 Å². The summed E-state index contributed by atoms with van der Waals surface area (Å²) in [6.45, 7) is 4.56. The van der Waals surface area contributed by atoms with Crippen LogP contribution in [-0.4, -0.2) is 9.97 Å². The second-order valence-corrected chi connectivity index (χ2v) is 3.48. The largest absolute Gasteiger partial charge is 0.348 e. The highest BCUT2D eigenvalue weighted by atomic mass is 14.9. The third kappa shape index (κ3) is 3.07. The van der Waals surface area contributed by atoms with E-state index in [2.05, 4.69) is 23.8 Å². The molecule has 2 heteroatoms. The molecule has 0 spiro atoms. The standard InChI is InChI=1S/C10H18N2/c1-3-9(2)5-4-6-10-7-11-8-12-10/h7-9H,3-6H2,1-2H3,(H,11,12). The number of imidazole rings is 1. The van der Waals surface area contributed by atoms with E-state index in [-0.39, 0.29) is 0 Å². The fourth-order valence-electron chi connectivity index (χ4n) is 1.27. The van der Waals surface area contributed by atoms with E-state index in [9.17, 15) is 0 Å². The van der Waals surface area contributed by atoms with Crippen LogP contribution in [0.3, 0.4) is 0 Å². The molecule has 0 aromatic carbocycles. The molecule has 1 rings (SSSR count). The van der Waals surface area contributed by atoms with E-state index in [1.165, 1.54) is 25.0 Å². The van der Waals surface area contributed by atoms with Gasteiger partial charge in [-0.15, -0.1) is 0 Å². The molecule has 1 heterocycles. The van der Waals surface area contributed by atoms with Crippen LogP contribution in [0.1, 0.15) is 38.8 Å². The molecule has 0 saturated heterocycles. The molecule has 1 N–H and O–H groups in total. The first kappa shape index (κ1) is 9.30. The summed E-state index contributed by atoms with van der Waals surface area (Å²) in [6, 6.07) is 0. The molecule has 1 aromatic rings. The maximum Gasteiger partial charge on any atom is 0.0921 e. The van der Waals surface area contributed by atoms with Crippen molar-refractivity contribution in [2.45, 2.75) is 39.5 Å². The van der Waals surface area contributed by atoms with Crippen LogP contribution < -0.4 is 0 Å². The number of aromatic amines is 1. The monoisotopic (exact) mass is 166 g/mol. The predicted molar refractivity (Wildman–Crippen MR) is 51.0 cm³/mol. The average Bonchev–Trinajstić information content (AvgIpc) is 2.57. The van der Waals surface area contributed by atoms with Crippen molar-refractivity contribution in [3.05, 3.63) is 18.2 Å². The Kier molecular flexibility index (Phi) is 3.85. The first-order valence-electron chi connectivity index (χ1n) is 4.80. The SMILES string of the molecule is CCC(C)CCCc1cnc[nH]1. The molecule has 0 aliphatic heterocycles. The zero-order valence-corrected chi connectivity index (χ0v) is 8.01. The van der Waals surface area contributed by atoms with Gasteiger partial charge < -0.3 is 4.98 Å². The molecule has 0 aliphatic carbocycles. The zero-order chi connectivity index (χ0) is 8.81. The Morgan fingerprint density at radius 2 is 2.42 bits per heavy atom. The predicted octanol–water partition coefficient (Wildman–Crippen LogP) is 2.78. The number of rotatable bonds is 5. The van der Waals surface area contributed by atoms with Crippen LogP contribution in [0.15, 0.2) is 12.5 Å². The molecule has 0 aliphatic rings. The Labute approximate surface area is 74.4 Å². The van der Waals surface area contributed by atoms with E-state index in [1.54, 1.807) is 6.33 Å². The molecule has 0 saturated carbocycles. The number of nitrogens with one attached hydrogen (secondary N) is 1. The first-order chi connectivity index (χ1) is 5.83. The lowest BCUT2D eigenvalue weighted by molar-refractivity contribution is 0.494. The average molecular weight is 166 g/mol. The maximum atomic E-state index is 3.98. The lowest BCUT2D eigenvalue weighted by Gasteiger charge is -2.06. The van der Waals surface area contributed by atoms with Crippen LogP contribution in [0.5, 0.6) is 0 Å². The van der Waals surface area contributed by atoms with E-state index in [0.29, 0.717) is 0 Å². The van der Waals surface area contributed by atoms with E-state index >= 15 is 0 Å². The first-order valence-corrected chi connectivity index (χ1v) is 4.80. The Hall–Kier alpha value is -0.790. The highest BCUT2D eigenvalue weighted by Gasteiger charge is 1.99. The Bertz CT molecular complexity index is 192. The summed E-state index contributed by atoms with van der Waals surface area (Å²) in [4.78, 5) is 7.10. The molecule has 0 bridgehead atoms. The van der Waals surface area contributed by atoms with E-state index < -0.39 is 0 Å². The molecule has 68 valence electrons. The van der Waals surface area contributed by atoms with Crippen LogP contribution in [0.2, 0.25) is 0 Å². The van der Waals surface area contributed by atoms with Gasteiger partial charge in [0.05, 0.1) is 6.33 Å². The van der Waals surface area contributed by atoms with Gasteiger partial charge in [-0.25, -0.2) is 4.98 Å². The molecular weight excluding hydrogens is 148 g/mol. The second kappa shape index (κ2) is 4.96. The number of hydrogen-bond donors (Lipinski definition) is 1. The van der Waals surface area contributed by atoms with Crippen molar-refractivity contribution in [2.24, 2.45) is 5.92 Å². The summed E-state index contributed by atoms with van der Waals surface area (Å²) in [5.74, 6) is 0.868. The molecule has 2 nitrogen and oxygen atoms in total. The van der Waals surface area contributed by atoms with Gasteiger partial charge in [-0.1, -0.05) is 26.7 Å². The van der Waals surface area contributed by atoms with E-state index in [0.717, 1.165) is 12.3 Å². The minimum Gasteiger partial charge on any atom is -0.348 e. The molecule has 12 heavy (non-hydrogen) atoms. The number of aromatic nitrogens is 2. The van der Waals surface area contributed by atoms with Crippen molar-refractivity contribution in [1.29, 1.82) is 0 Å². The van der Waals surface area contributed by atoms with Crippen LogP contribution in [-0.2, 0) is 6.42 Å². The van der Waals surface area contributed by atoms with Gasteiger partial charge in [-0.3, -0.25) is 0 Å². The highest BCUT2D eigenvalue weighted by Crippen LogP contribution is 2.11. The fraction of sp³-hybridized carbons (Fsp3) is 0.700. The topological polar surface area (TPSA) is 28.7 Å². The normalized spacial score (nSPS) is 13.2. The molecule has 1 atom stereocenters. The van der Waals surface area contributed by atoms with Gasteiger partial charge >= 0.3 is 0 Å². The molecule has 1 unspecified atom stereocenters. The third-order valence-electron chi connectivity index (χ3n) is 2.39. The maximum absolute atomic E-state index is 3.98. The van der Waals surface area contributed by atoms with Gasteiger partial charge in [0.2, 0.25) is 0 Å². The minimum absolute atomic E-state index is 0.868. The number of H-pyrrole nitrogens is 1. The molecule has 0 radical (unpaired) electrons. The number of hydrogen-bond acceptors (Lipinski definition) is 1. The highest BCUT2D eigenvalue weighted by molar-refractivity contribution is 4.93.